The van der Waals surface area contributed by atoms with E-state index in [1.807, 2.05) is 0 Å². The molecule has 0 aromatic heterocycles. The molecule has 11 aromatic carbocycles. The monoisotopic (exact) mass is 1120 g/mol. The summed E-state index contributed by atoms with van der Waals surface area (Å²) in [6, 6.07) is 120. The summed E-state index contributed by atoms with van der Waals surface area (Å²) in [5.41, 5.74) is 0. The van der Waals surface area contributed by atoms with Gasteiger partial charge in [0.2, 0.25) is 8.32 Å². The van der Waals surface area contributed by atoms with E-state index < -0.39 is 42.3 Å². The summed E-state index contributed by atoms with van der Waals surface area (Å²) >= 11 is 0. The summed E-state index contributed by atoms with van der Waals surface area (Å²) in [5.74, 6) is 0. The molecule has 0 amide bonds. The lowest BCUT2D eigenvalue weighted by Gasteiger charge is -2.50. The highest BCUT2D eigenvalue weighted by Crippen LogP contribution is 2.31. The molecule has 0 spiro atoms. The van der Waals surface area contributed by atoms with Crippen molar-refractivity contribution in [3.05, 3.63) is 341 Å². The van der Waals surface area contributed by atoms with Crippen LogP contribution < -0.4 is 57.1 Å². The zero-order valence-corrected chi connectivity index (χ0v) is 49.9. The van der Waals surface area contributed by atoms with E-state index in [2.05, 4.69) is 341 Å². The maximum absolute atomic E-state index is 9.14. The molecule has 393 valence electrons. The Bertz CT molecular complexity index is 3340. The van der Waals surface area contributed by atoms with E-state index in [9.17, 15) is 0 Å². The summed E-state index contributed by atoms with van der Waals surface area (Å²) in [4.78, 5) is 0. The van der Waals surface area contributed by atoms with Crippen LogP contribution in [0.5, 0.6) is 0 Å². The lowest BCUT2D eigenvalue weighted by molar-refractivity contribution is 0.329. The number of hydrogen-bond donors (Lipinski definition) is 0. The first-order valence-electron chi connectivity index (χ1n) is 27.8. The molecule has 9 heteroatoms. The molecule has 0 aliphatic rings. The van der Waals surface area contributed by atoms with Gasteiger partial charge in [-0.1, -0.05) is 360 Å². The van der Waals surface area contributed by atoms with Crippen LogP contribution in [0, 0.1) is 6.92 Å². The van der Waals surface area contributed by atoms with E-state index in [1.54, 1.807) is 0 Å². The minimum atomic E-state index is -4.38. The van der Waals surface area contributed by atoms with Crippen LogP contribution in [0.25, 0.3) is 0 Å². The first-order chi connectivity index (χ1) is 39.5. The Labute approximate surface area is 478 Å². The SMILES string of the molecule is [CH2]CCCC[Si](O[Si](O[Si](O[Si](O[Si](c1ccccc1)(c1ccccc1)c1ccccc1)(c1ccccc1)c1ccccc1)(c1ccccc1)c1ccccc1)(c1ccccc1)c1ccccc1)(c1ccccc1)c1ccccc1. The highest BCUT2D eigenvalue weighted by atomic mass is 28.5. The molecule has 11 rings (SSSR count). The van der Waals surface area contributed by atoms with Crippen LogP contribution in [0.4, 0.5) is 0 Å². The van der Waals surface area contributed by atoms with Gasteiger partial charge in [-0.15, -0.1) is 0 Å². The van der Waals surface area contributed by atoms with Gasteiger partial charge in [-0.05, 0) is 63.1 Å². The molecule has 0 atom stereocenters. The summed E-state index contributed by atoms with van der Waals surface area (Å²) in [5, 5.41) is 11.4. The highest BCUT2D eigenvalue weighted by molar-refractivity contribution is 7.17. The predicted octanol–water partition coefficient (Wildman–Crippen LogP) is 9.25. The Morgan fingerprint density at radius 3 is 0.650 bits per heavy atom. The van der Waals surface area contributed by atoms with Crippen molar-refractivity contribution >= 4 is 99.4 Å². The van der Waals surface area contributed by atoms with Gasteiger partial charge in [0.05, 0.1) is 0 Å². The van der Waals surface area contributed by atoms with Gasteiger partial charge in [-0.2, -0.15) is 0 Å². The van der Waals surface area contributed by atoms with Crippen molar-refractivity contribution in [2.45, 2.75) is 25.3 Å². The highest BCUT2D eigenvalue weighted by Gasteiger charge is 2.64. The van der Waals surface area contributed by atoms with Gasteiger partial charge in [-0.25, -0.2) is 0 Å². The molecule has 4 nitrogen and oxygen atoms in total. The Morgan fingerprint density at radius 1 is 0.212 bits per heavy atom. The molecule has 1 radical (unpaired) electrons. The molecule has 0 fully saturated rings. The lowest BCUT2D eigenvalue weighted by Crippen LogP contribution is -2.85. The number of hydrogen-bond acceptors (Lipinski definition) is 4. The zero-order chi connectivity index (χ0) is 54.4. The van der Waals surface area contributed by atoms with Gasteiger partial charge >= 0.3 is 25.7 Å². The summed E-state index contributed by atoms with van der Waals surface area (Å²) in [6.07, 6.45) is 2.69. The van der Waals surface area contributed by atoms with Crippen molar-refractivity contribution in [2.24, 2.45) is 0 Å². The average molecular weight is 1120 g/mol. The van der Waals surface area contributed by atoms with Crippen LogP contribution >= 0.6 is 0 Å². The van der Waals surface area contributed by atoms with Crippen LogP contribution in [0.1, 0.15) is 19.3 Å². The largest absolute Gasteiger partial charge is 0.422 e. The van der Waals surface area contributed by atoms with Crippen molar-refractivity contribution in [2.75, 3.05) is 0 Å². The van der Waals surface area contributed by atoms with E-state index in [1.165, 1.54) is 10.4 Å². The maximum Gasteiger partial charge on any atom is 0.390 e. The molecular weight excluding hydrogens is 1060 g/mol. The molecule has 0 aliphatic heterocycles. The average Bonchev–Trinajstić information content (AvgIpc) is 3.64. The smallest absolute Gasteiger partial charge is 0.390 e. The first kappa shape index (κ1) is 54.3. The quantitative estimate of drug-likeness (QED) is 0.0364. The summed E-state index contributed by atoms with van der Waals surface area (Å²) < 4.78 is 36.2. The zero-order valence-electron chi connectivity index (χ0n) is 44.9. The van der Waals surface area contributed by atoms with E-state index >= 15 is 0 Å². The summed E-state index contributed by atoms with van der Waals surface area (Å²) in [6.45, 7) is 4.35. The van der Waals surface area contributed by atoms with E-state index in [0.29, 0.717) is 0 Å². The van der Waals surface area contributed by atoms with Gasteiger partial charge in [0.15, 0.2) is 0 Å². The second-order valence-corrected chi connectivity index (χ2v) is 36.9. The summed E-state index contributed by atoms with van der Waals surface area (Å²) in [7, 11) is -19.9. The topological polar surface area (TPSA) is 36.9 Å². The van der Waals surface area contributed by atoms with Gasteiger partial charge < -0.3 is 16.5 Å². The third-order valence-corrected chi connectivity index (χ3v) is 38.3. The third-order valence-electron chi connectivity index (χ3n) is 15.2. The van der Waals surface area contributed by atoms with E-state index in [0.717, 1.165) is 72.0 Å². The van der Waals surface area contributed by atoms with Crippen molar-refractivity contribution in [3.63, 3.8) is 0 Å². The van der Waals surface area contributed by atoms with Gasteiger partial charge in [0.25, 0.3) is 8.32 Å². The third kappa shape index (κ3) is 10.9. The first-order valence-corrected chi connectivity index (χ1v) is 37.2. The molecule has 0 bridgehead atoms. The van der Waals surface area contributed by atoms with Gasteiger partial charge in [-0.3, -0.25) is 0 Å². The number of rotatable bonds is 23. The standard InChI is InChI=1S/C71H65O4Si5/c1-2-3-37-60-76(61-38-15-4-16-39-61,62-40-17-5-18-41-62)72-78(66-48-25-9-26-49-66,67-50-27-10-28-51-67)74-80(70-56-33-13-34-57-70,71-58-35-14-36-59-71)75-79(68-52-29-11-30-53-68,69-54-31-12-32-55-69)73-77(63-42-19-6-20-43-63,64-44-21-7-22-45-64)65-46-23-8-24-47-65/h4-36,38-59H,1-3,37,60H2. The molecule has 0 heterocycles. The van der Waals surface area contributed by atoms with E-state index in [-0.39, 0.29) is 0 Å². The Kier molecular flexibility index (Phi) is 17.1. The minimum Gasteiger partial charge on any atom is -0.422 e. The van der Waals surface area contributed by atoms with Crippen LogP contribution in [0.2, 0.25) is 6.04 Å². The fourth-order valence-corrected chi connectivity index (χ4v) is 39.2. The predicted molar refractivity (Wildman–Crippen MR) is 344 cm³/mol. The molecule has 80 heavy (non-hydrogen) atoms. The van der Waals surface area contributed by atoms with Gasteiger partial charge in [0.1, 0.15) is 0 Å². The van der Waals surface area contributed by atoms with Crippen molar-refractivity contribution in [1.29, 1.82) is 0 Å². The fourth-order valence-electron chi connectivity index (χ4n) is 11.4. The minimum absolute atomic E-state index is 0.801. The van der Waals surface area contributed by atoms with Crippen molar-refractivity contribution in [3.8, 4) is 0 Å². The number of benzene rings is 11. The van der Waals surface area contributed by atoms with Crippen molar-refractivity contribution < 1.29 is 16.5 Å². The Balaban J connectivity index is 1.30. The molecule has 11 aromatic rings. The Morgan fingerprint density at radius 2 is 0.412 bits per heavy atom. The maximum atomic E-state index is 9.14. The molecule has 0 saturated heterocycles. The molecular formula is C71H65O4Si5. The fraction of sp³-hybridized carbons (Fsp3) is 0.0563. The Hall–Kier alpha value is -7.66. The van der Waals surface area contributed by atoms with Gasteiger partial charge in [0, 0.05) is 0 Å². The van der Waals surface area contributed by atoms with Crippen LogP contribution in [-0.4, -0.2) is 42.3 Å². The van der Waals surface area contributed by atoms with Crippen molar-refractivity contribution in [1.82, 2.24) is 0 Å². The van der Waals surface area contributed by atoms with Crippen LogP contribution in [-0.2, 0) is 16.5 Å². The van der Waals surface area contributed by atoms with Crippen LogP contribution in [0.3, 0.4) is 0 Å². The molecule has 0 saturated carbocycles. The van der Waals surface area contributed by atoms with E-state index in [4.69, 9.17) is 16.5 Å². The second kappa shape index (κ2) is 25.2. The lowest BCUT2D eigenvalue weighted by atomic mass is 10.3. The normalized spacial score (nSPS) is 12.2. The molecule has 0 aliphatic carbocycles. The second-order valence-electron chi connectivity index (χ2n) is 20.1. The van der Waals surface area contributed by atoms with Crippen LogP contribution in [0.15, 0.2) is 334 Å². The number of unbranched alkanes of at least 4 members (excludes halogenated alkanes) is 2. The molecule has 0 N–H and O–H groups in total. The molecule has 0 unspecified atom stereocenters.